The zero-order chi connectivity index (χ0) is 8.55. The minimum Gasteiger partial charge on any atom is -0.334 e. The van der Waals surface area contributed by atoms with Gasteiger partial charge in [-0.05, 0) is 19.8 Å². The van der Waals surface area contributed by atoms with Gasteiger partial charge in [-0.25, -0.2) is 4.98 Å². The molecule has 0 radical (unpaired) electrons. The maximum Gasteiger partial charge on any atom is 0.123 e. The Hall–Kier alpha value is -1.12. The zero-order valence-corrected chi connectivity index (χ0v) is 7.16. The quantitative estimate of drug-likeness (QED) is 0.579. The first-order valence-electron chi connectivity index (χ1n) is 4.27. The molecular weight excluding hydrogens is 152 g/mol. The molecule has 1 atom stereocenters. The number of rotatable bonds is 1. The maximum atomic E-state index is 10.6. The highest BCUT2D eigenvalue weighted by molar-refractivity contribution is 5.54. The van der Waals surface area contributed by atoms with Crippen molar-refractivity contribution in [1.82, 2.24) is 9.55 Å². The summed E-state index contributed by atoms with van der Waals surface area (Å²) in [4.78, 5) is 14.8. The van der Waals surface area contributed by atoms with Crippen LogP contribution in [0.3, 0.4) is 0 Å². The van der Waals surface area contributed by atoms with Gasteiger partial charge in [0, 0.05) is 18.2 Å². The third-order valence-electron chi connectivity index (χ3n) is 2.54. The summed E-state index contributed by atoms with van der Waals surface area (Å²) >= 11 is 0. The Morgan fingerprint density at radius 1 is 1.75 bits per heavy atom. The first-order valence-corrected chi connectivity index (χ1v) is 4.27. The molecule has 0 aliphatic carbocycles. The Morgan fingerprint density at radius 2 is 2.58 bits per heavy atom. The van der Waals surface area contributed by atoms with Crippen LogP contribution in [-0.4, -0.2) is 15.8 Å². The lowest BCUT2D eigenvalue weighted by molar-refractivity contribution is -0.111. The van der Waals surface area contributed by atoms with Gasteiger partial charge >= 0.3 is 0 Å². The molecule has 0 fully saturated rings. The molecule has 0 spiro atoms. The first-order chi connectivity index (χ1) is 5.81. The summed E-state index contributed by atoms with van der Waals surface area (Å²) in [7, 11) is 0. The highest BCUT2D eigenvalue weighted by Gasteiger charge is 2.19. The van der Waals surface area contributed by atoms with Crippen LogP contribution >= 0.6 is 0 Å². The van der Waals surface area contributed by atoms with Crippen molar-refractivity contribution in [1.29, 1.82) is 0 Å². The second-order valence-electron chi connectivity index (χ2n) is 3.36. The van der Waals surface area contributed by atoms with Gasteiger partial charge in [-0.2, -0.15) is 0 Å². The van der Waals surface area contributed by atoms with Gasteiger partial charge in [0.05, 0.1) is 12.0 Å². The number of fused-ring (bicyclic) bond motifs is 1. The van der Waals surface area contributed by atoms with Gasteiger partial charge in [0.2, 0.25) is 0 Å². The van der Waals surface area contributed by atoms with E-state index in [0.29, 0.717) is 0 Å². The Kier molecular flexibility index (Phi) is 1.71. The van der Waals surface area contributed by atoms with E-state index in [-0.39, 0.29) is 5.92 Å². The van der Waals surface area contributed by atoms with E-state index in [9.17, 15) is 4.79 Å². The molecule has 64 valence electrons. The molecule has 1 aliphatic rings. The molecule has 1 unspecified atom stereocenters. The van der Waals surface area contributed by atoms with Crippen LogP contribution in [0.5, 0.6) is 0 Å². The average Bonchev–Trinajstić information content (AvgIpc) is 2.47. The summed E-state index contributed by atoms with van der Waals surface area (Å²) in [6, 6.07) is 0. The maximum absolute atomic E-state index is 10.6. The lowest BCUT2D eigenvalue weighted by Crippen LogP contribution is -2.19. The summed E-state index contributed by atoms with van der Waals surface area (Å²) in [5.41, 5.74) is 2.31. The number of hydrogen-bond acceptors (Lipinski definition) is 2. The molecule has 1 aliphatic heterocycles. The fourth-order valence-electron chi connectivity index (χ4n) is 1.74. The second-order valence-corrected chi connectivity index (χ2v) is 3.36. The van der Waals surface area contributed by atoms with Crippen molar-refractivity contribution in [3.8, 4) is 0 Å². The predicted octanol–water partition coefficient (Wildman–Crippen LogP) is 0.953. The van der Waals surface area contributed by atoms with Crippen LogP contribution in [0.2, 0.25) is 0 Å². The highest BCUT2D eigenvalue weighted by Crippen LogP contribution is 2.20. The summed E-state index contributed by atoms with van der Waals surface area (Å²) in [5.74, 6) is 0.216. The number of imidazole rings is 1. The standard InChI is InChI=1S/C9H12N2O/c1-7-9-4-8(5-12)2-3-11(9)6-10-7/h5-6,8H,2-4H2,1H3. The van der Waals surface area contributed by atoms with Crippen LogP contribution in [0, 0.1) is 12.8 Å². The van der Waals surface area contributed by atoms with Gasteiger partial charge in [0.25, 0.3) is 0 Å². The Balaban J connectivity index is 2.31. The van der Waals surface area contributed by atoms with Crippen molar-refractivity contribution in [2.24, 2.45) is 5.92 Å². The van der Waals surface area contributed by atoms with Crippen LogP contribution in [0.25, 0.3) is 0 Å². The predicted molar refractivity (Wildman–Crippen MR) is 44.8 cm³/mol. The van der Waals surface area contributed by atoms with Crippen molar-refractivity contribution in [3.63, 3.8) is 0 Å². The van der Waals surface area contributed by atoms with Crippen molar-refractivity contribution in [3.05, 3.63) is 17.7 Å². The van der Waals surface area contributed by atoms with E-state index < -0.39 is 0 Å². The summed E-state index contributed by atoms with van der Waals surface area (Å²) in [6.45, 7) is 2.94. The molecule has 12 heavy (non-hydrogen) atoms. The van der Waals surface area contributed by atoms with Crippen molar-refractivity contribution < 1.29 is 4.79 Å². The number of aryl methyl sites for hydroxylation is 2. The van der Waals surface area contributed by atoms with Gasteiger partial charge < -0.3 is 9.36 Å². The molecule has 0 bridgehead atoms. The van der Waals surface area contributed by atoms with Gasteiger partial charge in [-0.3, -0.25) is 0 Å². The molecule has 1 aromatic rings. The van der Waals surface area contributed by atoms with Crippen LogP contribution < -0.4 is 0 Å². The minimum absolute atomic E-state index is 0.216. The Morgan fingerprint density at radius 3 is 3.33 bits per heavy atom. The molecule has 3 heteroatoms. The SMILES string of the molecule is Cc1ncn2c1CC(C=O)CC2. The van der Waals surface area contributed by atoms with E-state index >= 15 is 0 Å². The van der Waals surface area contributed by atoms with Gasteiger partial charge in [0.15, 0.2) is 0 Å². The monoisotopic (exact) mass is 164 g/mol. The van der Waals surface area contributed by atoms with Crippen molar-refractivity contribution in [2.45, 2.75) is 26.3 Å². The van der Waals surface area contributed by atoms with Crippen LogP contribution in [0.15, 0.2) is 6.33 Å². The molecule has 0 saturated carbocycles. The third-order valence-corrected chi connectivity index (χ3v) is 2.54. The summed E-state index contributed by atoms with van der Waals surface area (Å²) in [5, 5.41) is 0. The van der Waals surface area contributed by atoms with E-state index in [1.165, 1.54) is 5.69 Å². The number of aromatic nitrogens is 2. The van der Waals surface area contributed by atoms with Crippen LogP contribution in [-0.2, 0) is 17.8 Å². The number of carbonyl (C=O) groups is 1. The van der Waals surface area contributed by atoms with Gasteiger partial charge in [-0.15, -0.1) is 0 Å². The molecule has 2 rings (SSSR count). The molecular formula is C9H12N2O. The molecule has 0 saturated heterocycles. The highest BCUT2D eigenvalue weighted by atomic mass is 16.1. The van der Waals surface area contributed by atoms with E-state index in [1.54, 1.807) is 0 Å². The number of nitrogens with zero attached hydrogens (tertiary/aromatic N) is 2. The lowest BCUT2D eigenvalue weighted by Gasteiger charge is -2.19. The van der Waals surface area contributed by atoms with Gasteiger partial charge in [0.1, 0.15) is 6.29 Å². The minimum atomic E-state index is 0.216. The Labute approximate surface area is 71.4 Å². The van der Waals surface area contributed by atoms with Crippen LogP contribution in [0.4, 0.5) is 0 Å². The van der Waals surface area contributed by atoms with Gasteiger partial charge in [-0.1, -0.05) is 0 Å². The fraction of sp³-hybridized carbons (Fsp3) is 0.556. The average molecular weight is 164 g/mol. The molecule has 0 aromatic carbocycles. The number of carbonyl (C=O) groups excluding carboxylic acids is 1. The lowest BCUT2D eigenvalue weighted by atomic mass is 9.97. The first kappa shape index (κ1) is 7.53. The largest absolute Gasteiger partial charge is 0.334 e. The van der Waals surface area contributed by atoms with E-state index in [2.05, 4.69) is 9.55 Å². The number of hydrogen-bond donors (Lipinski definition) is 0. The molecule has 2 heterocycles. The molecule has 0 N–H and O–H groups in total. The van der Waals surface area contributed by atoms with Crippen molar-refractivity contribution >= 4 is 6.29 Å². The summed E-state index contributed by atoms with van der Waals surface area (Å²) < 4.78 is 2.15. The second kappa shape index (κ2) is 2.73. The number of aldehydes is 1. The van der Waals surface area contributed by atoms with E-state index in [4.69, 9.17) is 0 Å². The van der Waals surface area contributed by atoms with E-state index in [0.717, 1.165) is 31.4 Å². The van der Waals surface area contributed by atoms with Crippen LogP contribution in [0.1, 0.15) is 17.8 Å². The Bertz CT molecular complexity index is 303. The normalized spacial score (nSPS) is 21.9. The van der Waals surface area contributed by atoms with E-state index in [1.807, 2.05) is 13.3 Å². The topological polar surface area (TPSA) is 34.9 Å². The molecule has 1 aromatic heterocycles. The summed E-state index contributed by atoms with van der Waals surface area (Å²) in [6.07, 6.45) is 4.77. The smallest absolute Gasteiger partial charge is 0.123 e. The van der Waals surface area contributed by atoms with Crippen molar-refractivity contribution in [2.75, 3.05) is 0 Å². The molecule has 0 amide bonds. The zero-order valence-electron chi connectivity index (χ0n) is 7.16. The molecule has 3 nitrogen and oxygen atoms in total. The third kappa shape index (κ3) is 1.05. The fourth-order valence-corrected chi connectivity index (χ4v) is 1.74.